The number of hydrogen-bond donors (Lipinski definition) is 1. The van der Waals surface area contributed by atoms with Gasteiger partial charge < -0.3 is 14.5 Å². The molecule has 28 heavy (non-hydrogen) atoms. The number of rotatable bonds is 8. The second kappa shape index (κ2) is 9.41. The van der Waals surface area contributed by atoms with Gasteiger partial charge in [0.15, 0.2) is 0 Å². The van der Waals surface area contributed by atoms with Crippen LogP contribution in [0.25, 0.3) is 5.65 Å². The number of nitrogens with zero attached hydrogens (tertiary/aromatic N) is 2. The Morgan fingerprint density at radius 2 is 2.11 bits per heavy atom. The van der Waals surface area contributed by atoms with Crippen LogP contribution in [0.1, 0.15) is 28.0 Å². The number of aryl methyl sites for hydroxylation is 1. The highest BCUT2D eigenvalue weighted by atomic mass is 32.2. The Morgan fingerprint density at radius 3 is 2.86 bits per heavy atom. The normalized spacial score (nSPS) is 11.9. The molecule has 0 aliphatic rings. The maximum absolute atomic E-state index is 12.6. The predicted molar refractivity (Wildman–Crippen MR) is 110 cm³/mol. The molecule has 0 bridgehead atoms. The van der Waals surface area contributed by atoms with Crippen LogP contribution in [0.5, 0.6) is 0 Å². The number of imidazole rings is 1. The summed E-state index contributed by atoms with van der Waals surface area (Å²) in [7, 11) is 0. The number of carbonyl (C=O) groups is 2. The first-order chi connectivity index (χ1) is 13.6. The number of nitrogens with one attached hydrogen (secondary N) is 1. The van der Waals surface area contributed by atoms with Crippen LogP contribution in [0.4, 0.5) is 0 Å². The Hall–Kier alpha value is -2.80. The van der Waals surface area contributed by atoms with Crippen LogP contribution in [-0.4, -0.2) is 39.3 Å². The van der Waals surface area contributed by atoms with Gasteiger partial charge in [-0.15, -0.1) is 0 Å². The van der Waals surface area contributed by atoms with Crippen LogP contribution in [0.2, 0.25) is 0 Å². The van der Waals surface area contributed by atoms with E-state index >= 15 is 0 Å². The number of carbonyl (C=O) groups excluding carboxylic acids is 2. The van der Waals surface area contributed by atoms with Crippen molar-refractivity contribution in [2.24, 2.45) is 0 Å². The van der Waals surface area contributed by atoms with Crippen molar-refractivity contribution in [3.63, 3.8) is 0 Å². The lowest BCUT2D eigenvalue weighted by molar-refractivity contribution is -0.147. The number of hydrogen-bond acceptors (Lipinski definition) is 5. The van der Waals surface area contributed by atoms with E-state index in [2.05, 4.69) is 10.3 Å². The van der Waals surface area contributed by atoms with Crippen molar-refractivity contribution in [2.45, 2.75) is 26.0 Å². The first-order valence-corrected chi connectivity index (χ1v) is 10.4. The molecule has 0 fully saturated rings. The molecular formula is C21H23N3O3S. The molecule has 3 rings (SSSR count). The minimum Gasteiger partial charge on any atom is -0.458 e. The van der Waals surface area contributed by atoms with Gasteiger partial charge in [-0.05, 0) is 49.6 Å². The van der Waals surface area contributed by atoms with Crippen molar-refractivity contribution in [1.29, 1.82) is 0 Å². The minimum atomic E-state index is -0.697. The summed E-state index contributed by atoms with van der Waals surface area (Å²) in [4.78, 5) is 29.5. The van der Waals surface area contributed by atoms with Crippen molar-refractivity contribution in [3.05, 3.63) is 71.7 Å². The summed E-state index contributed by atoms with van der Waals surface area (Å²) in [5.74, 6) is 0.00832. The molecule has 2 heterocycles. The number of thioether (sulfide) groups is 1. The van der Waals surface area contributed by atoms with Gasteiger partial charge in [0.1, 0.15) is 18.3 Å². The molecule has 2 aromatic heterocycles. The standard InChI is InChI=1S/C21H23N3O3S/c1-15-6-5-7-16(12-15)20(25)23-18(9-11-28-2)21(26)27-14-17-13-24-10-4-3-8-19(24)22-17/h3-8,10,12-13,18H,9,11,14H2,1-2H3,(H,23,25)/t18-/m0/s1. The Kier molecular flexibility index (Phi) is 6.71. The molecule has 0 aliphatic carbocycles. The molecule has 1 aromatic carbocycles. The van der Waals surface area contributed by atoms with E-state index in [0.29, 0.717) is 17.7 Å². The van der Waals surface area contributed by atoms with Crippen molar-refractivity contribution in [2.75, 3.05) is 12.0 Å². The van der Waals surface area contributed by atoms with Crippen LogP contribution in [0, 0.1) is 6.92 Å². The highest BCUT2D eigenvalue weighted by Gasteiger charge is 2.23. The Morgan fingerprint density at radius 1 is 1.25 bits per heavy atom. The maximum atomic E-state index is 12.6. The second-order valence-electron chi connectivity index (χ2n) is 6.48. The monoisotopic (exact) mass is 397 g/mol. The van der Waals surface area contributed by atoms with E-state index in [1.54, 1.807) is 23.9 Å². The lowest BCUT2D eigenvalue weighted by Gasteiger charge is -2.17. The minimum absolute atomic E-state index is 0.0661. The lowest BCUT2D eigenvalue weighted by Crippen LogP contribution is -2.42. The molecule has 1 N–H and O–H groups in total. The molecular weight excluding hydrogens is 374 g/mol. The van der Waals surface area contributed by atoms with Gasteiger partial charge in [-0.25, -0.2) is 9.78 Å². The van der Waals surface area contributed by atoms with Crippen LogP contribution in [0.15, 0.2) is 54.9 Å². The van der Waals surface area contributed by atoms with Gasteiger partial charge in [-0.3, -0.25) is 4.79 Å². The van der Waals surface area contributed by atoms with Crippen molar-refractivity contribution >= 4 is 29.3 Å². The fraction of sp³-hybridized carbons (Fsp3) is 0.286. The van der Waals surface area contributed by atoms with Crippen molar-refractivity contribution in [3.8, 4) is 0 Å². The van der Waals surface area contributed by atoms with Gasteiger partial charge in [0.25, 0.3) is 5.91 Å². The summed E-state index contributed by atoms with van der Waals surface area (Å²) < 4.78 is 7.31. The van der Waals surface area contributed by atoms with Gasteiger partial charge in [0.2, 0.25) is 0 Å². The number of ether oxygens (including phenoxy) is 1. The zero-order valence-corrected chi connectivity index (χ0v) is 16.7. The molecule has 1 atom stereocenters. The van der Waals surface area contributed by atoms with E-state index in [1.165, 1.54) is 0 Å². The topological polar surface area (TPSA) is 72.7 Å². The third-order valence-electron chi connectivity index (χ3n) is 4.26. The smallest absolute Gasteiger partial charge is 0.329 e. The largest absolute Gasteiger partial charge is 0.458 e. The lowest BCUT2D eigenvalue weighted by atomic mass is 10.1. The van der Waals surface area contributed by atoms with Gasteiger partial charge in [-0.2, -0.15) is 11.8 Å². The van der Waals surface area contributed by atoms with E-state index < -0.39 is 12.0 Å². The summed E-state index contributed by atoms with van der Waals surface area (Å²) in [5, 5.41) is 2.81. The van der Waals surface area contributed by atoms with E-state index in [-0.39, 0.29) is 12.5 Å². The number of aromatic nitrogens is 2. The molecule has 0 radical (unpaired) electrons. The first-order valence-electron chi connectivity index (χ1n) is 9.02. The maximum Gasteiger partial charge on any atom is 0.329 e. The fourth-order valence-corrected chi connectivity index (χ4v) is 3.29. The zero-order valence-electron chi connectivity index (χ0n) is 15.9. The summed E-state index contributed by atoms with van der Waals surface area (Å²) in [5.41, 5.74) is 2.97. The number of fused-ring (bicyclic) bond motifs is 1. The summed E-state index contributed by atoms with van der Waals surface area (Å²) >= 11 is 1.62. The van der Waals surface area contributed by atoms with Gasteiger partial charge in [-0.1, -0.05) is 23.8 Å². The Balaban J connectivity index is 1.64. The SMILES string of the molecule is CSCC[C@H](NC(=O)c1cccc(C)c1)C(=O)OCc1cn2ccccc2n1. The molecule has 6 nitrogen and oxygen atoms in total. The fourth-order valence-electron chi connectivity index (χ4n) is 2.81. The van der Waals surface area contributed by atoms with Crippen LogP contribution < -0.4 is 5.32 Å². The summed E-state index contributed by atoms with van der Waals surface area (Å²) in [6.45, 7) is 1.99. The number of benzene rings is 1. The molecule has 0 saturated carbocycles. The third-order valence-corrected chi connectivity index (χ3v) is 4.90. The van der Waals surface area contributed by atoms with Gasteiger partial charge in [0, 0.05) is 18.0 Å². The quantitative estimate of drug-likeness (QED) is 0.591. The second-order valence-corrected chi connectivity index (χ2v) is 7.47. The van der Waals surface area contributed by atoms with Crippen molar-refractivity contribution in [1.82, 2.24) is 14.7 Å². The first kappa shape index (κ1) is 19.9. The Bertz CT molecular complexity index is 937. The van der Waals surface area contributed by atoms with E-state index in [4.69, 9.17) is 4.74 Å². The highest BCUT2D eigenvalue weighted by Crippen LogP contribution is 2.10. The molecule has 7 heteroatoms. The molecule has 0 saturated heterocycles. The average Bonchev–Trinajstić information content (AvgIpc) is 3.12. The van der Waals surface area contributed by atoms with E-state index in [1.807, 2.05) is 60.3 Å². The number of amides is 1. The van der Waals surface area contributed by atoms with Crippen molar-refractivity contribution < 1.29 is 14.3 Å². The van der Waals surface area contributed by atoms with Crippen LogP contribution in [0.3, 0.4) is 0 Å². The number of pyridine rings is 1. The Labute approximate surface area is 168 Å². The summed E-state index contributed by atoms with van der Waals surface area (Å²) in [6.07, 6.45) is 6.17. The third kappa shape index (κ3) is 5.13. The predicted octanol–water partition coefficient (Wildman–Crippen LogP) is 3.24. The van der Waals surface area contributed by atoms with E-state index in [9.17, 15) is 9.59 Å². The molecule has 1 amide bonds. The molecule has 146 valence electrons. The van der Waals surface area contributed by atoms with Crippen LogP contribution in [-0.2, 0) is 16.1 Å². The highest BCUT2D eigenvalue weighted by molar-refractivity contribution is 7.98. The van der Waals surface area contributed by atoms with Gasteiger partial charge in [0.05, 0.1) is 5.69 Å². The summed E-state index contributed by atoms with van der Waals surface area (Å²) in [6, 6.07) is 12.3. The van der Waals surface area contributed by atoms with Crippen LogP contribution >= 0.6 is 11.8 Å². The molecule has 0 spiro atoms. The zero-order chi connectivity index (χ0) is 19.9. The number of esters is 1. The average molecular weight is 398 g/mol. The molecule has 3 aromatic rings. The molecule has 0 aliphatic heterocycles. The molecule has 0 unspecified atom stereocenters. The van der Waals surface area contributed by atoms with Gasteiger partial charge >= 0.3 is 5.97 Å². The van der Waals surface area contributed by atoms with E-state index in [0.717, 1.165) is 17.0 Å².